The molecule has 3 aromatic carbocycles. The minimum absolute atomic E-state index is 0.0521. The molecular weight excluding hydrogens is 500 g/mol. The monoisotopic (exact) mass is 528 g/mol. The first-order valence-corrected chi connectivity index (χ1v) is 13.5. The molecule has 1 aliphatic heterocycles. The maximum atomic E-state index is 13.6. The molecule has 0 saturated carbocycles. The fourth-order valence-corrected chi connectivity index (χ4v) is 5.92. The lowest BCUT2D eigenvalue weighted by Crippen LogP contribution is -2.48. The second-order valence-electron chi connectivity index (χ2n) is 8.70. The first kappa shape index (κ1) is 26.0. The molecule has 1 amide bonds. The summed E-state index contributed by atoms with van der Waals surface area (Å²) in [5, 5.41) is 3.47. The van der Waals surface area contributed by atoms with E-state index in [0.29, 0.717) is 36.2 Å². The molecule has 1 N–H and O–H groups in total. The zero-order valence-electron chi connectivity index (χ0n) is 20.0. The fraction of sp³-hybridized carbons (Fsp3) is 0.296. The molecule has 0 radical (unpaired) electrons. The molecule has 9 heteroatoms. The van der Waals surface area contributed by atoms with Gasteiger partial charge < -0.3 is 14.8 Å². The van der Waals surface area contributed by atoms with Crippen LogP contribution in [0.3, 0.4) is 0 Å². The summed E-state index contributed by atoms with van der Waals surface area (Å²) in [4.78, 5) is 13.2. The van der Waals surface area contributed by atoms with Gasteiger partial charge in [0.1, 0.15) is 12.3 Å². The van der Waals surface area contributed by atoms with Crippen molar-refractivity contribution >= 4 is 33.2 Å². The molecule has 1 saturated heterocycles. The van der Waals surface area contributed by atoms with E-state index in [1.807, 2.05) is 18.2 Å². The number of amides is 1. The largest absolute Gasteiger partial charge is 0.497 e. The van der Waals surface area contributed by atoms with Crippen LogP contribution in [0.25, 0.3) is 0 Å². The highest BCUT2D eigenvalue weighted by Crippen LogP contribution is 2.34. The number of benzene rings is 3. The lowest BCUT2D eigenvalue weighted by Gasteiger charge is -2.38. The van der Waals surface area contributed by atoms with Crippen LogP contribution in [0.1, 0.15) is 18.4 Å². The highest BCUT2D eigenvalue weighted by atomic mass is 35.5. The average Bonchev–Trinajstić information content (AvgIpc) is 2.92. The Hall–Kier alpha value is -3.07. The van der Waals surface area contributed by atoms with Crippen molar-refractivity contribution in [2.45, 2.75) is 23.2 Å². The van der Waals surface area contributed by atoms with Crippen LogP contribution in [0, 0.1) is 0 Å². The van der Waals surface area contributed by atoms with Gasteiger partial charge in [0.05, 0.1) is 17.7 Å². The number of rotatable bonds is 9. The van der Waals surface area contributed by atoms with Crippen molar-refractivity contribution in [1.29, 1.82) is 0 Å². The van der Waals surface area contributed by atoms with Crippen LogP contribution < -0.4 is 14.4 Å². The van der Waals surface area contributed by atoms with Gasteiger partial charge in [-0.25, -0.2) is 8.42 Å². The molecule has 0 aromatic heterocycles. The summed E-state index contributed by atoms with van der Waals surface area (Å²) in [6.07, 6.45) is 1.53. The molecule has 0 bridgehead atoms. The van der Waals surface area contributed by atoms with Crippen molar-refractivity contribution in [2.24, 2.45) is 0 Å². The van der Waals surface area contributed by atoms with E-state index in [1.165, 1.54) is 19.2 Å². The number of anilines is 1. The average molecular weight is 529 g/mol. The molecule has 36 heavy (non-hydrogen) atoms. The van der Waals surface area contributed by atoms with Crippen LogP contribution in [0.15, 0.2) is 83.8 Å². The second-order valence-corrected chi connectivity index (χ2v) is 11.0. The van der Waals surface area contributed by atoms with Gasteiger partial charge in [0.15, 0.2) is 0 Å². The molecule has 0 aliphatic carbocycles. The minimum atomic E-state index is -4.04. The standard InChI is InChI=1S/C27H29ClN2O5S/c1-34-24-11-13-25(14-12-24)36(32,33)30(23-9-7-22(28)8-10-23)19-26(31)29-20-27(15-17-35-18-16-27)21-5-3-2-4-6-21/h2-14H,15-20H2,1H3,(H,29,31). The van der Waals surface area contributed by atoms with E-state index in [4.69, 9.17) is 21.1 Å². The smallest absolute Gasteiger partial charge is 0.264 e. The Morgan fingerprint density at radius 3 is 2.25 bits per heavy atom. The van der Waals surface area contributed by atoms with E-state index < -0.39 is 15.9 Å². The summed E-state index contributed by atoms with van der Waals surface area (Å²) < 4.78 is 39.0. The van der Waals surface area contributed by atoms with Gasteiger partial charge >= 0.3 is 0 Å². The number of hydrogen-bond acceptors (Lipinski definition) is 5. The van der Waals surface area contributed by atoms with Gasteiger partial charge in [0.25, 0.3) is 10.0 Å². The lowest BCUT2D eigenvalue weighted by atomic mass is 9.74. The van der Waals surface area contributed by atoms with Gasteiger partial charge in [-0.15, -0.1) is 0 Å². The Morgan fingerprint density at radius 2 is 1.64 bits per heavy atom. The first-order valence-electron chi connectivity index (χ1n) is 11.7. The summed E-state index contributed by atoms with van der Waals surface area (Å²) >= 11 is 6.02. The number of nitrogens with zero attached hydrogens (tertiary/aromatic N) is 1. The number of carbonyl (C=O) groups is 1. The van der Waals surface area contributed by atoms with Gasteiger partial charge in [0.2, 0.25) is 5.91 Å². The normalized spacial score (nSPS) is 15.2. The molecule has 3 aromatic rings. The molecule has 0 unspecified atom stereocenters. The van der Waals surface area contributed by atoms with Gasteiger partial charge in [0, 0.05) is 30.2 Å². The Balaban J connectivity index is 1.57. The van der Waals surface area contributed by atoms with Gasteiger partial charge in [-0.1, -0.05) is 41.9 Å². The van der Waals surface area contributed by atoms with E-state index in [0.717, 1.165) is 22.7 Å². The van der Waals surface area contributed by atoms with Gasteiger partial charge in [-0.2, -0.15) is 0 Å². The maximum absolute atomic E-state index is 13.6. The van der Waals surface area contributed by atoms with Crippen molar-refractivity contribution in [2.75, 3.05) is 37.7 Å². The zero-order valence-corrected chi connectivity index (χ0v) is 21.6. The Morgan fingerprint density at radius 1 is 1.00 bits per heavy atom. The van der Waals surface area contributed by atoms with E-state index in [-0.39, 0.29) is 16.9 Å². The Bertz CT molecular complexity index is 1260. The maximum Gasteiger partial charge on any atom is 0.264 e. The quantitative estimate of drug-likeness (QED) is 0.445. The summed E-state index contributed by atoms with van der Waals surface area (Å²) in [5.74, 6) is 0.135. The van der Waals surface area contributed by atoms with Gasteiger partial charge in [-0.3, -0.25) is 9.10 Å². The molecule has 1 heterocycles. The summed E-state index contributed by atoms with van der Waals surface area (Å²) in [6.45, 7) is 1.22. The SMILES string of the molecule is COc1ccc(S(=O)(=O)N(CC(=O)NCC2(c3ccccc3)CCOCC2)c2ccc(Cl)cc2)cc1. The minimum Gasteiger partial charge on any atom is -0.497 e. The molecule has 190 valence electrons. The Kier molecular flexibility index (Phi) is 8.18. The molecule has 1 aliphatic rings. The van der Waals surface area contributed by atoms with Gasteiger partial charge in [-0.05, 0) is 66.9 Å². The van der Waals surface area contributed by atoms with Crippen LogP contribution in [0.5, 0.6) is 5.75 Å². The molecular formula is C27H29ClN2O5S. The van der Waals surface area contributed by atoms with Crippen LogP contribution in [-0.2, 0) is 25.0 Å². The van der Waals surface area contributed by atoms with Crippen LogP contribution in [-0.4, -0.2) is 47.7 Å². The third kappa shape index (κ3) is 5.83. The first-order chi connectivity index (χ1) is 17.3. The Labute approximate surface area is 217 Å². The molecule has 0 spiro atoms. The van der Waals surface area contributed by atoms with E-state index in [1.54, 1.807) is 36.4 Å². The number of methoxy groups -OCH3 is 1. The highest BCUT2D eigenvalue weighted by molar-refractivity contribution is 7.92. The summed E-state index contributed by atoms with van der Waals surface area (Å²) in [5.41, 5.74) is 1.21. The van der Waals surface area contributed by atoms with E-state index in [9.17, 15) is 13.2 Å². The van der Waals surface area contributed by atoms with Crippen LogP contribution >= 0.6 is 11.6 Å². The van der Waals surface area contributed by atoms with Crippen molar-refractivity contribution in [3.8, 4) is 5.75 Å². The van der Waals surface area contributed by atoms with Crippen molar-refractivity contribution < 1.29 is 22.7 Å². The third-order valence-corrected chi connectivity index (χ3v) is 8.55. The molecule has 7 nitrogen and oxygen atoms in total. The van der Waals surface area contributed by atoms with E-state index in [2.05, 4.69) is 17.4 Å². The van der Waals surface area contributed by atoms with Crippen LogP contribution in [0.2, 0.25) is 5.02 Å². The zero-order chi connectivity index (χ0) is 25.6. The third-order valence-electron chi connectivity index (χ3n) is 6.51. The fourth-order valence-electron chi connectivity index (χ4n) is 4.37. The summed E-state index contributed by atoms with van der Waals surface area (Å²) in [7, 11) is -2.54. The number of nitrogens with one attached hydrogen (secondary N) is 1. The number of hydrogen-bond donors (Lipinski definition) is 1. The predicted octanol–water partition coefficient (Wildman–Crippen LogP) is 4.41. The lowest BCUT2D eigenvalue weighted by molar-refractivity contribution is -0.120. The van der Waals surface area contributed by atoms with E-state index >= 15 is 0 Å². The number of halogens is 1. The summed E-state index contributed by atoms with van der Waals surface area (Å²) in [6, 6.07) is 22.5. The van der Waals surface area contributed by atoms with Crippen molar-refractivity contribution in [3.63, 3.8) is 0 Å². The molecule has 4 rings (SSSR count). The highest BCUT2D eigenvalue weighted by Gasteiger charge is 2.35. The van der Waals surface area contributed by atoms with Crippen LogP contribution in [0.4, 0.5) is 5.69 Å². The topological polar surface area (TPSA) is 84.9 Å². The number of carbonyl (C=O) groups excluding carboxylic acids is 1. The van der Waals surface area contributed by atoms with Crippen molar-refractivity contribution in [1.82, 2.24) is 5.32 Å². The second kappa shape index (κ2) is 11.3. The predicted molar refractivity (Wildman–Crippen MR) is 140 cm³/mol. The molecule has 0 atom stereocenters. The number of sulfonamides is 1. The number of ether oxygens (including phenoxy) is 2. The molecule has 1 fully saturated rings. The van der Waals surface area contributed by atoms with Crippen molar-refractivity contribution in [3.05, 3.63) is 89.4 Å².